The first kappa shape index (κ1) is 10.3. The monoisotopic (exact) mass is 193 g/mol. The standard InChI is InChI=1S/C11H17OSi/c1-5-10-6-8-11(9-7-10)12-13(2,3)4/h6-9H,1,5H2,2-4H3. The van der Waals surface area contributed by atoms with Crippen molar-refractivity contribution in [3.63, 3.8) is 0 Å². The summed E-state index contributed by atoms with van der Waals surface area (Å²) in [5.41, 5.74) is 1.25. The molecule has 0 saturated heterocycles. The first-order valence-corrected chi connectivity index (χ1v) is 7.99. The van der Waals surface area contributed by atoms with Gasteiger partial charge in [0.05, 0.1) is 0 Å². The van der Waals surface area contributed by atoms with E-state index in [1.54, 1.807) is 0 Å². The summed E-state index contributed by atoms with van der Waals surface area (Å²) < 4.78 is 5.82. The molecule has 71 valence electrons. The van der Waals surface area contributed by atoms with Gasteiger partial charge in [-0.05, 0) is 50.7 Å². The lowest BCUT2D eigenvalue weighted by Gasteiger charge is -2.19. The number of hydrogen-bond acceptors (Lipinski definition) is 1. The molecule has 13 heavy (non-hydrogen) atoms. The van der Waals surface area contributed by atoms with Crippen LogP contribution in [0.3, 0.4) is 0 Å². The van der Waals surface area contributed by atoms with E-state index >= 15 is 0 Å². The van der Waals surface area contributed by atoms with Crippen LogP contribution in [-0.4, -0.2) is 8.32 Å². The third-order valence-corrected chi connectivity index (χ3v) is 2.48. The van der Waals surface area contributed by atoms with E-state index in [1.807, 2.05) is 12.1 Å². The van der Waals surface area contributed by atoms with Gasteiger partial charge in [-0.3, -0.25) is 0 Å². The molecule has 1 aromatic carbocycles. The lowest BCUT2D eigenvalue weighted by Crippen LogP contribution is -2.29. The predicted molar refractivity (Wildman–Crippen MR) is 59.5 cm³/mol. The third-order valence-electron chi connectivity index (χ3n) is 1.64. The minimum atomic E-state index is -1.44. The molecule has 0 fully saturated rings. The van der Waals surface area contributed by atoms with Crippen molar-refractivity contribution in [2.45, 2.75) is 26.1 Å². The Bertz CT molecular complexity index is 258. The van der Waals surface area contributed by atoms with Crippen molar-refractivity contribution in [3.05, 3.63) is 36.8 Å². The number of hydrogen-bond donors (Lipinski definition) is 0. The van der Waals surface area contributed by atoms with Crippen molar-refractivity contribution >= 4 is 8.32 Å². The van der Waals surface area contributed by atoms with E-state index in [0.717, 1.165) is 12.2 Å². The minimum absolute atomic E-state index is 0.841. The highest BCUT2D eigenvalue weighted by Crippen LogP contribution is 2.16. The van der Waals surface area contributed by atoms with Crippen molar-refractivity contribution in [2.75, 3.05) is 0 Å². The molecule has 0 aliphatic rings. The molecule has 1 rings (SSSR count). The molecule has 0 saturated carbocycles. The second-order valence-corrected chi connectivity index (χ2v) is 8.54. The maximum Gasteiger partial charge on any atom is 0.242 e. The van der Waals surface area contributed by atoms with Gasteiger partial charge in [0.2, 0.25) is 8.32 Å². The van der Waals surface area contributed by atoms with E-state index in [9.17, 15) is 0 Å². The smallest absolute Gasteiger partial charge is 0.242 e. The molecule has 1 radical (unpaired) electrons. The molecule has 0 bridgehead atoms. The second-order valence-electron chi connectivity index (χ2n) is 4.11. The topological polar surface area (TPSA) is 9.23 Å². The van der Waals surface area contributed by atoms with Crippen LogP contribution >= 0.6 is 0 Å². The van der Waals surface area contributed by atoms with Gasteiger partial charge in [0.1, 0.15) is 5.75 Å². The van der Waals surface area contributed by atoms with Gasteiger partial charge in [0, 0.05) is 0 Å². The average Bonchev–Trinajstić information content (AvgIpc) is 2.03. The molecule has 0 unspecified atom stereocenters. The summed E-state index contributed by atoms with van der Waals surface area (Å²) in [5, 5.41) is 0. The Kier molecular flexibility index (Phi) is 3.15. The number of rotatable bonds is 3. The van der Waals surface area contributed by atoms with E-state index < -0.39 is 8.32 Å². The Morgan fingerprint density at radius 2 is 1.69 bits per heavy atom. The van der Waals surface area contributed by atoms with Crippen LogP contribution in [0.5, 0.6) is 5.75 Å². The van der Waals surface area contributed by atoms with E-state index in [2.05, 4.69) is 38.7 Å². The molecule has 0 atom stereocenters. The van der Waals surface area contributed by atoms with Gasteiger partial charge in [-0.1, -0.05) is 12.1 Å². The fourth-order valence-electron chi connectivity index (χ4n) is 1.08. The van der Waals surface area contributed by atoms with Crippen LogP contribution in [-0.2, 0) is 6.42 Å². The van der Waals surface area contributed by atoms with Crippen molar-refractivity contribution < 1.29 is 4.43 Å². The number of benzene rings is 1. The Hall–Kier alpha value is -0.763. The largest absolute Gasteiger partial charge is 0.544 e. The molecule has 1 nitrogen and oxygen atoms in total. The van der Waals surface area contributed by atoms with Crippen molar-refractivity contribution in [3.8, 4) is 5.75 Å². The summed E-state index contributed by atoms with van der Waals surface area (Å²) >= 11 is 0. The Morgan fingerprint density at radius 3 is 2.08 bits per heavy atom. The van der Waals surface area contributed by atoms with Crippen LogP contribution in [0, 0.1) is 6.92 Å². The minimum Gasteiger partial charge on any atom is -0.544 e. The van der Waals surface area contributed by atoms with Crippen LogP contribution in [0.15, 0.2) is 24.3 Å². The zero-order valence-corrected chi connectivity index (χ0v) is 9.63. The SMILES string of the molecule is [CH2]Cc1ccc(O[Si](C)(C)C)cc1. The first-order valence-electron chi connectivity index (χ1n) is 4.58. The Morgan fingerprint density at radius 1 is 1.15 bits per heavy atom. The lowest BCUT2D eigenvalue weighted by molar-refractivity contribution is 0.557. The third kappa shape index (κ3) is 3.64. The first-order chi connectivity index (χ1) is 6.01. The van der Waals surface area contributed by atoms with E-state index in [1.165, 1.54) is 5.56 Å². The summed E-state index contributed by atoms with van der Waals surface area (Å²) in [7, 11) is -1.44. The van der Waals surface area contributed by atoms with E-state index in [0.29, 0.717) is 0 Å². The van der Waals surface area contributed by atoms with Crippen LogP contribution in [0.4, 0.5) is 0 Å². The van der Waals surface area contributed by atoms with Crippen molar-refractivity contribution in [1.82, 2.24) is 0 Å². The van der Waals surface area contributed by atoms with Crippen LogP contribution < -0.4 is 4.43 Å². The fraction of sp³-hybridized carbons (Fsp3) is 0.364. The summed E-state index contributed by atoms with van der Waals surface area (Å²) in [4.78, 5) is 0. The van der Waals surface area contributed by atoms with Gasteiger partial charge >= 0.3 is 0 Å². The summed E-state index contributed by atoms with van der Waals surface area (Å²) in [6, 6.07) is 8.20. The van der Waals surface area contributed by atoms with E-state index in [-0.39, 0.29) is 0 Å². The molecule has 0 amide bonds. The molecular formula is C11H17OSi. The van der Waals surface area contributed by atoms with Gasteiger partial charge < -0.3 is 4.43 Å². The van der Waals surface area contributed by atoms with Gasteiger partial charge in [0.15, 0.2) is 0 Å². The fourth-order valence-corrected chi connectivity index (χ4v) is 1.92. The van der Waals surface area contributed by atoms with Crippen LogP contribution in [0.1, 0.15) is 5.56 Å². The molecule has 0 aliphatic heterocycles. The molecule has 0 aliphatic carbocycles. The molecule has 0 spiro atoms. The highest BCUT2D eigenvalue weighted by molar-refractivity contribution is 6.70. The normalized spacial score (nSPS) is 11.4. The summed E-state index contributed by atoms with van der Waals surface area (Å²) in [6.45, 7) is 10.4. The van der Waals surface area contributed by atoms with Gasteiger partial charge in [-0.2, -0.15) is 0 Å². The summed E-state index contributed by atoms with van der Waals surface area (Å²) in [5.74, 6) is 0.983. The Balaban J connectivity index is 2.70. The highest BCUT2D eigenvalue weighted by Gasteiger charge is 2.15. The zero-order valence-electron chi connectivity index (χ0n) is 8.63. The molecule has 0 heterocycles. The quantitative estimate of drug-likeness (QED) is 0.669. The molecule has 1 aromatic rings. The van der Waals surface area contributed by atoms with Crippen molar-refractivity contribution in [2.24, 2.45) is 0 Å². The van der Waals surface area contributed by atoms with Gasteiger partial charge in [0.25, 0.3) is 0 Å². The van der Waals surface area contributed by atoms with Crippen LogP contribution in [0.25, 0.3) is 0 Å². The van der Waals surface area contributed by atoms with Gasteiger partial charge in [-0.15, -0.1) is 0 Å². The molecular weight excluding hydrogens is 176 g/mol. The summed E-state index contributed by atoms with van der Waals surface area (Å²) in [6.07, 6.45) is 0.841. The predicted octanol–water partition coefficient (Wildman–Crippen LogP) is 3.28. The van der Waals surface area contributed by atoms with Gasteiger partial charge in [-0.25, -0.2) is 0 Å². The average molecular weight is 193 g/mol. The van der Waals surface area contributed by atoms with Crippen LogP contribution in [0.2, 0.25) is 19.6 Å². The van der Waals surface area contributed by atoms with E-state index in [4.69, 9.17) is 4.43 Å². The van der Waals surface area contributed by atoms with Crippen molar-refractivity contribution in [1.29, 1.82) is 0 Å². The molecule has 2 heteroatoms. The lowest BCUT2D eigenvalue weighted by atomic mass is 10.2. The second kappa shape index (κ2) is 3.96. The molecule has 0 N–H and O–H groups in total. The Labute approximate surface area is 81.9 Å². The maximum absolute atomic E-state index is 5.82. The maximum atomic E-state index is 5.82. The highest BCUT2D eigenvalue weighted by atomic mass is 28.4. The zero-order chi connectivity index (χ0) is 9.90. The molecule has 0 aromatic heterocycles.